The van der Waals surface area contributed by atoms with Crippen LogP contribution in [0.3, 0.4) is 0 Å². The van der Waals surface area contributed by atoms with E-state index in [2.05, 4.69) is 10.4 Å². The highest BCUT2D eigenvalue weighted by atomic mass is 16.6. The summed E-state index contributed by atoms with van der Waals surface area (Å²) in [4.78, 5) is 23.5. The Morgan fingerprint density at radius 3 is 2.59 bits per heavy atom. The molecule has 0 fully saturated rings. The number of ether oxygens (including phenoxy) is 1. The number of aromatic nitrogens is 2. The molecule has 0 saturated heterocycles. The number of amides is 1. The van der Waals surface area contributed by atoms with Crippen molar-refractivity contribution >= 4 is 11.6 Å². The molecule has 0 bridgehead atoms. The molecule has 0 radical (unpaired) electrons. The number of hydrogen-bond acceptors (Lipinski definition) is 5. The number of hydrogen-bond donors (Lipinski definition) is 1. The quantitative estimate of drug-likeness (QED) is 0.483. The molecule has 0 aliphatic heterocycles. The Balaban J connectivity index is 2.09. The van der Waals surface area contributed by atoms with Crippen LogP contribution in [0.5, 0.6) is 5.75 Å². The third-order valence-corrected chi connectivity index (χ3v) is 4.60. The summed E-state index contributed by atoms with van der Waals surface area (Å²) in [5.74, 6) is 0.416. The number of non-ortho nitro benzene ring substituents is 1. The van der Waals surface area contributed by atoms with Crippen LogP contribution in [-0.4, -0.2) is 33.8 Å². The lowest BCUT2D eigenvalue weighted by atomic mass is 10.1. The number of nitro benzene ring substituents is 1. The third kappa shape index (κ3) is 4.43. The van der Waals surface area contributed by atoms with Gasteiger partial charge in [0.2, 0.25) is 0 Å². The van der Waals surface area contributed by atoms with Crippen molar-refractivity contribution in [1.82, 2.24) is 15.1 Å². The van der Waals surface area contributed by atoms with E-state index in [1.807, 2.05) is 26.0 Å². The lowest BCUT2D eigenvalue weighted by molar-refractivity contribution is -0.384. The Morgan fingerprint density at radius 2 is 1.97 bits per heavy atom. The number of benzene rings is 2. The van der Waals surface area contributed by atoms with Gasteiger partial charge in [0.05, 0.1) is 23.4 Å². The molecule has 0 saturated carbocycles. The van der Waals surface area contributed by atoms with E-state index in [9.17, 15) is 14.9 Å². The Kier molecular flexibility index (Phi) is 5.92. The Labute approximate surface area is 168 Å². The van der Waals surface area contributed by atoms with Gasteiger partial charge in [-0.1, -0.05) is 13.0 Å². The molecule has 8 nitrogen and oxygen atoms in total. The molecule has 0 unspecified atom stereocenters. The van der Waals surface area contributed by atoms with Gasteiger partial charge in [0.1, 0.15) is 11.4 Å². The zero-order chi connectivity index (χ0) is 21.0. The Bertz CT molecular complexity index is 1030. The van der Waals surface area contributed by atoms with E-state index in [4.69, 9.17) is 4.74 Å². The first-order valence-corrected chi connectivity index (χ1v) is 9.23. The molecule has 1 aromatic heterocycles. The standard InChI is InChI=1S/C21H22N4O4/c1-4-14(2)22-21(26)20-13-19(15-8-10-18(29-3)11-9-15)23-24(20)16-6-5-7-17(12-16)25(27)28/h5-14H,4H2,1-3H3,(H,22,26)/t14-/m1/s1. The van der Waals surface area contributed by atoms with Gasteiger partial charge >= 0.3 is 0 Å². The van der Waals surface area contributed by atoms with Crippen LogP contribution < -0.4 is 10.1 Å². The van der Waals surface area contributed by atoms with Gasteiger partial charge in [-0.25, -0.2) is 4.68 Å². The molecule has 150 valence electrons. The minimum absolute atomic E-state index is 0.0135. The zero-order valence-corrected chi connectivity index (χ0v) is 16.5. The van der Waals surface area contributed by atoms with Crippen molar-refractivity contribution in [2.75, 3.05) is 7.11 Å². The van der Waals surface area contributed by atoms with E-state index < -0.39 is 4.92 Å². The zero-order valence-electron chi connectivity index (χ0n) is 16.5. The van der Waals surface area contributed by atoms with Crippen LogP contribution in [0.1, 0.15) is 30.8 Å². The summed E-state index contributed by atoms with van der Waals surface area (Å²) in [6.45, 7) is 3.89. The van der Waals surface area contributed by atoms with Crippen LogP contribution in [0.2, 0.25) is 0 Å². The average molecular weight is 394 g/mol. The van der Waals surface area contributed by atoms with Gasteiger partial charge in [-0.3, -0.25) is 14.9 Å². The van der Waals surface area contributed by atoms with Crippen LogP contribution in [0.15, 0.2) is 54.6 Å². The van der Waals surface area contributed by atoms with Gasteiger partial charge in [-0.15, -0.1) is 0 Å². The summed E-state index contributed by atoms with van der Waals surface area (Å²) in [5.41, 5.74) is 2.04. The van der Waals surface area contributed by atoms with E-state index in [-0.39, 0.29) is 17.6 Å². The normalized spacial score (nSPS) is 11.7. The van der Waals surface area contributed by atoms with Crippen molar-refractivity contribution < 1.29 is 14.5 Å². The smallest absolute Gasteiger partial charge is 0.271 e. The van der Waals surface area contributed by atoms with E-state index in [0.717, 1.165) is 12.0 Å². The lowest BCUT2D eigenvalue weighted by Gasteiger charge is -2.12. The van der Waals surface area contributed by atoms with E-state index in [1.54, 1.807) is 37.4 Å². The largest absolute Gasteiger partial charge is 0.497 e. The predicted octanol–water partition coefficient (Wildman–Crippen LogP) is 3.98. The average Bonchev–Trinajstić information content (AvgIpc) is 3.19. The number of methoxy groups -OCH3 is 1. The third-order valence-electron chi connectivity index (χ3n) is 4.60. The number of nitrogens with zero attached hydrogens (tertiary/aromatic N) is 3. The number of rotatable bonds is 7. The molecule has 0 spiro atoms. The SMILES string of the molecule is CC[C@@H](C)NC(=O)c1cc(-c2ccc(OC)cc2)nn1-c1cccc([N+](=O)[O-])c1. The maximum Gasteiger partial charge on any atom is 0.271 e. The van der Waals surface area contributed by atoms with E-state index >= 15 is 0 Å². The summed E-state index contributed by atoms with van der Waals surface area (Å²) in [6.07, 6.45) is 0.780. The van der Waals surface area contributed by atoms with Crippen molar-refractivity contribution in [3.05, 3.63) is 70.4 Å². The van der Waals surface area contributed by atoms with Crippen molar-refractivity contribution in [3.63, 3.8) is 0 Å². The second kappa shape index (κ2) is 8.55. The predicted molar refractivity (Wildman–Crippen MR) is 109 cm³/mol. The molecule has 8 heteroatoms. The molecule has 2 aromatic carbocycles. The van der Waals surface area contributed by atoms with Crippen LogP contribution in [0.4, 0.5) is 5.69 Å². The molecule has 0 aliphatic carbocycles. The number of carbonyl (C=O) groups excluding carboxylic acids is 1. The maximum atomic E-state index is 12.8. The van der Waals surface area contributed by atoms with Crippen LogP contribution in [-0.2, 0) is 0 Å². The molecule has 1 amide bonds. The second-order valence-electron chi connectivity index (χ2n) is 6.61. The molecule has 3 rings (SSSR count). The number of nitro groups is 1. The summed E-state index contributed by atoms with van der Waals surface area (Å²) in [5, 5.41) is 18.6. The fourth-order valence-electron chi connectivity index (χ4n) is 2.78. The molecule has 1 heterocycles. The summed E-state index contributed by atoms with van der Waals surface area (Å²) >= 11 is 0. The van der Waals surface area contributed by atoms with Crippen molar-refractivity contribution in [1.29, 1.82) is 0 Å². The fourth-order valence-corrected chi connectivity index (χ4v) is 2.78. The van der Waals surface area contributed by atoms with E-state index in [0.29, 0.717) is 22.8 Å². The first-order valence-electron chi connectivity index (χ1n) is 9.23. The fraction of sp³-hybridized carbons (Fsp3) is 0.238. The van der Waals surface area contributed by atoms with Crippen molar-refractivity contribution in [3.8, 4) is 22.7 Å². The van der Waals surface area contributed by atoms with Gasteiger partial charge in [-0.2, -0.15) is 5.10 Å². The lowest BCUT2D eigenvalue weighted by Crippen LogP contribution is -2.33. The monoisotopic (exact) mass is 394 g/mol. The van der Waals surface area contributed by atoms with Crippen molar-refractivity contribution in [2.24, 2.45) is 0 Å². The summed E-state index contributed by atoms with van der Waals surface area (Å²) in [6, 6.07) is 15.0. The molecular weight excluding hydrogens is 372 g/mol. The highest BCUT2D eigenvalue weighted by molar-refractivity contribution is 5.94. The van der Waals surface area contributed by atoms with Crippen LogP contribution in [0, 0.1) is 10.1 Å². The van der Waals surface area contributed by atoms with Gasteiger partial charge in [-0.05, 0) is 49.7 Å². The minimum Gasteiger partial charge on any atom is -0.497 e. The molecular formula is C21H22N4O4. The van der Waals surface area contributed by atoms with Crippen LogP contribution >= 0.6 is 0 Å². The first kappa shape index (κ1) is 20.1. The van der Waals surface area contributed by atoms with Gasteiger partial charge in [0.25, 0.3) is 11.6 Å². The van der Waals surface area contributed by atoms with Gasteiger partial charge < -0.3 is 10.1 Å². The summed E-state index contributed by atoms with van der Waals surface area (Å²) in [7, 11) is 1.59. The van der Waals surface area contributed by atoms with E-state index in [1.165, 1.54) is 16.8 Å². The highest BCUT2D eigenvalue weighted by Crippen LogP contribution is 2.25. The Hall–Kier alpha value is -3.68. The topological polar surface area (TPSA) is 99.3 Å². The van der Waals surface area contributed by atoms with Gasteiger partial charge in [0.15, 0.2) is 0 Å². The Morgan fingerprint density at radius 1 is 1.24 bits per heavy atom. The molecule has 3 aromatic rings. The number of nitrogens with one attached hydrogen (secondary N) is 1. The minimum atomic E-state index is -0.476. The van der Waals surface area contributed by atoms with Crippen LogP contribution in [0.25, 0.3) is 16.9 Å². The van der Waals surface area contributed by atoms with Crippen molar-refractivity contribution in [2.45, 2.75) is 26.3 Å². The maximum absolute atomic E-state index is 12.8. The molecule has 0 aliphatic rings. The summed E-state index contributed by atoms with van der Waals surface area (Å²) < 4.78 is 6.61. The van der Waals surface area contributed by atoms with Gasteiger partial charge in [0, 0.05) is 23.7 Å². The molecule has 1 atom stereocenters. The molecule has 29 heavy (non-hydrogen) atoms. The number of carbonyl (C=O) groups is 1. The molecule has 1 N–H and O–H groups in total. The second-order valence-corrected chi connectivity index (χ2v) is 6.61. The first-order chi connectivity index (χ1) is 13.9. The highest BCUT2D eigenvalue weighted by Gasteiger charge is 2.20.